The highest BCUT2D eigenvalue weighted by molar-refractivity contribution is 5.70. The molecule has 23 heavy (non-hydrogen) atoms. The quantitative estimate of drug-likeness (QED) is 0.831. The zero-order valence-corrected chi connectivity index (χ0v) is 14.2. The normalized spacial score (nSPS) is 36.5. The first-order valence-electron chi connectivity index (χ1n) is 8.71. The second kappa shape index (κ2) is 5.96. The Bertz CT molecular complexity index is 475. The lowest BCUT2D eigenvalue weighted by Crippen LogP contribution is -2.43. The average Bonchev–Trinajstić information content (AvgIpc) is 2.90. The van der Waals surface area contributed by atoms with Crippen LogP contribution in [0.2, 0.25) is 0 Å². The SMILES string of the molecule is CC(C)(C)OC(=O)N1CC2C(C1)C2NC1CCCC(C(=O)O)C1. The molecule has 2 aliphatic carbocycles. The van der Waals surface area contributed by atoms with Gasteiger partial charge in [-0.3, -0.25) is 4.79 Å². The summed E-state index contributed by atoms with van der Waals surface area (Å²) in [4.78, 5) is 25.0. The molecule has 3 aliphatic rings. The van der Waals surface area contributed by atoms with Crippen molar-refractivity contribution in [3.8, 4) is 0 Å². The maximum atomic E-state index is 12.1. The smallest absolute Gasteiger partial charge is 0.410 e. The molecule has 6 heteroatoms. The first-order valence-corrected chi connectivity index (χ1v) is 8.71. The molecule has 130 valence electrons. The number of carbonyl (C=O) groups excluding carboxylic acids is 1. The summed E-state index contributed by atoms with van der Waals surface area (Å²) in [5.41, 5.74) is -0.449. The van der Waals surface area contributed by atoms with E-state index in [1.54, 1.807) is 4.90 Å². The molecular weight excluding hydrogens is 296 g/mol. The van der Waals surface area contributed by atoms with Gasteiger partial charge in [-0.15, -0.1) is 0 Å². The molecule has 1 heterocycles. The fourth-order valence-corrected chi connectivity index (χ4v) is 4.09. The third-order valence-corrected chi connectivity index (χ3v) is 5.30. The van der Waals surface area contributed by atoms with Gasteiger partial charge in [-0.1, -0.05) is 6.42 Å². The first-order chi connectivity index (χ1) is 10.7. The summed E-state index contributed by atoms with van der Waals surface area (Å²) in [6, 6.07) is 0.765. The van der Waals surface area contributed by atoms with Crippen molar-refractivity contribution < 1.29 is 19.4 Å². The minimum Gasteiger partial charge on any atom is -0.481 e. The number of hydrogen-bond donors (Lipinski definition) is 2. The highest BCUT2D eigenvalue weighted by atomic mass is 16.6. The van der Waals surface area contributed by atoms with Crippen molar-refractivity contribution >= 4 is 12.1 Å². The maximum absolute atomic E-state index is 12.1. The predicted molar refractivity (Wildman–Crippen MR) is 85.1 cm³/mol. The van der Waals surface area contributed by atoms with Gasteiger partial charge in [-0.25, -0.2) is 4.79 Å². The highest BCUT2D eigenvalue weighted by Crippen LogP contribution is 2.46. The Hall–Kier alpha value is -1.30. The minimum absolute atomic E-state index is 0.196. The van der Waals surface area contributed by atoms with Crippen LogP contribution in [0.1, 0.15) is 46.5 Å². The van der Waals surface area contributed by atoms with E-state index in [2.05, 4.69) is 5.32 Å². The van der Waals surface area contributed by atoms with Gasteiger partial charge in [0.2, 0.25) is 0 Å². The van der Waals surface area contributed by atoms with Gasteiger partial charge in [0.1, 0.15) is 5.60 Å². The van der Waals surface area contributed by atoms with Crippen molar-refractivity contribution in [1.29, 1.82) is 0 Å². The molecule has 3 rings (SSSR count). The molecule has 3 fully saturated rings. The van der Waals surface area contributed by atoms with Crippen molar-refractivity contribution in [2.24, 2.45) is 17.8 Å². The molecule has 4 atom stereocenters. The van der Waals surface area contributed by atoms with Gasteiger partial charge in [0.25, 0.3) is 0 Å². The Labute approximate surface area is 137 Å². The molecule has 0 aromatic carbocycles. The van der Waals surface area contributed by atoms with Gasteiger partial charge in [0.05, 0.1) is 5.92 Å². The number of piperidine rings is 1. The van der Waals surface area contributed by atoms with Crippen molar-refractivity contribution in [2.75, 3.05) is 13.1 Å². The molecule has 2 N–H and O–H groups in total. The van der Waals surface area contributed by atoms with Crippen LogP contribution >= 0.6 is 0 Å². The second-order valence-corrected chi connectivity index (χ2v) is 8.30. The molecule has 0 spiro atoms. The van der Waals surface area contributed by atoms with Gasteiger partial charge < -0.3 is 20.1 Å². The summed E-state index contributed by atoms with van der Waals surface area (Å²) in [5.74, 6) is 0.155. The molecule has 0 bridgehead atoms. The number of carboxylic acid groups (broad SMARTS) is 1. The molecule has 4 unspecified atom stereocenters. The Balaban J connectivity index is 1.44. The predicted octanol–water partition coefficient (Wildman–Crippen LogP) is 2.08. The summed E-state index contributed by atoms with van der Waals surface area (Å²) >= 11 is 0. The van der Waals surface area contributed by atoms with Crippen LogP contribution < -0.4 is 5.32 Å². The number of nitrogens with zero attached hydrogens (tertiary/aromatic N) is 1. The molecule has 1 saturated heterocycles. The lowest BCUT2D eigenvalue weighted by atomic mass is 9.85. The second-order valence-electron chi connectivity index (χ2n) is 8.30. The number of nitrogens with one attached hydrogen (secondary N) is 1. The van der Waals surface area contributed by atoms with E-state index >= 15 is 0 Å². The maximum Gasteiger partial charge on any atom is 0.410 e. The zero-order valence-electron chi connectivity index (χ0n) is 14.2. The fourth-order valence-electron chi connectivity index (χ4n) is 4.09. The zero-order chi connectivity index (χ0) is 16.8. The van der Waals surface area contributed by atoms with E-state index in [-0.39, 0.29) is 12.0 Å². The van der Waals surface area contributed by atoms with E-state index in [0.717, 1.165) is 38.8 Å². The number of carboxylic acids is 1. The van der Waals surface area contributed by atoms with E-state index in [0.29, 0.717) is 23.9 Å². The van der Waals surface area contributed by atoms with Crippen LogP contribution in [-0.4, -0.2) is 52.8 Å². The summed E-state index contributed by atoms with van der Waals surface area (Å²) < 4.78 is 5.42. The number of amides is 1. The molecular formula is C17H28N2O4. The molecule has 2 saturated carbocycles. The highest BCUT2D eigenvalue weighted by Gasteiger charge is 2.57. The summed E-state index contributed by atoms with van der Waals surface area (Å²) in [6.07, 6.45) is 3.38. The van der Waals surface area contributed by atoms with E-state index in [4.69, 9.17) is 9.84 Å². The molecule has 6 nitrogen and oxygen atoms in total. The molecule has 1 amide bonds. The summed E-state index contributed by atoms with van der Waals surface area (Å²) in [7, 11) is 0. The van der Waals surface area contributed by atoms with E-state index in [9.17, 15) is 9.59 Å². The number of aliphatic carboxylic acids is 1. The standard InChI is InChI=1S/C17H28N2O4/c1-17(2,3)23-16(22)19-8-12-13(9-19)14(12)18-11-6-4-5-10(7-11)15(20)21/h10-14,18H,4-9H2,1-3H3,(H,20,21). The van der Waals surface area contributed by atoms with Crippen LogP contribution in [0.15, 0.2) is 0 Å². The van der Waals surface area contributed by atoms with E-state index in [1.165, 1.54) is 0 Å². The van der Waals surface area contributed by atoms with Crippen LogP contribution in [0.25, 0.3) is 0 Å². The number of fused-ring (bicyclic) bond motifs is 1. The lowest BCUT2D eigenvalue weighted by Gasteiger charge is -2.29. The average molecular weight is 324 g/mol. The monoisotopic (exact) mass is 324 g/mol. The number of ether oxygens (including phenoxy) is 1. The number of hydrogen-bond acceptors (Lipinski definition) is 4. The molecule has 0 aromatic heterocycles. The van der Waals surface area contributed by atoms with Crippen LogP contribution in [0.5, 0.6) is 0 Å². The van der Waals surface area contributed by atoms with Crippen molar-refractivity contribution in [2.45, 2.75) is 64.1 Å². The third kappa shape index (κ3) is 3.79. The van der Waals surface area contributed by atoms with Crippen LogP contribution in [0.3, 0.4) is 0 Å². The summed E-state index contributed by atoms with van der Waals surface area (Å²) in [6.45, 7) is 7.16. The topological polar surface area (TPSA) is 78.9 Å². The lowest BCUT2D eigenvalue weighted by molar-refractivity contribution is -0.143. The van der Waals surface area contributed by atoms with Crippen molar-refractivity contribution in [1.82, 2.24) is 10.2 Å². The Kier molecular flexibility index (Phi) is 4.29. The summed E-state index contributed by atoms with van der Waals surface area (Å²) in [5, 5.41) is 12.8. The van der Waals surface area contributed by atoms with Gasteiger partial charge in [0.15, 0.2) is 0 Å². The number of likely N-dealkylation sites (tertiary alicyclic amines) is 1. The van der Waals surface area contributed by atoms with Crippen LogP contribution in [0, 0.1) is 17.8 Å². The molecule has 0 aromatic rings. The van der Waals surface area contributed by atoms with E-state index in [1.807, 2.05) is 20.8 Å². The third-order valence-electron chi connectivity index (χ3n) is 5.30. The molecule has 0 radical (unpaired) electrons. The van der Waals surface area contributed by atoms with Crippen LogP contribution in [0.4, 0.5) is 4.79 Å². The van der Waals surface area contributed by atoms with Gasteiger partial charge >= 0.3 is 12.1 Å². The number of carbonyl (C=O) groups is 2. The Morgan fingerprint density at radius 2 is 1.83 bits per heavy atom. The van der Waals surface area contributed by atoms with Gasteiger partial charge in [-0.2, -0.15) is 0 Å². The van der Waals surface area contributed by atoms with Gasteiger partial charge in [0, 0.05) is 25.2 Å². The largest absolute Gasteiger partial charge is 0.481 e. The fraction of sp³-hybridized carbons (Fsp3) is 0.882. The van der Waals surface area contributed by atoms with E-state index < -0.39 is 11.6 Å². The number of rotatable bonds is 3. The van der Waals surface area contributed by atoms with Crippen molar-refractivity contribution in [3.63, 3.8) is 0 Å². The Morgan fingerprint density at radius 3 is 2.39 bits per heavy atom. The van der Waals surface area contributed by atoms with Crippen LogP contribution in [-0.2, 0) is 9.53 Å². The van der Waals surface area contributed by atoms with Crippen molar-refractivity contribution in [3.05, 3.63) is 0 Å². The molecule has 1 aliphatic heterocycles. The first kappa shape index (κ1) is 16.6. The minimum atomic E-state index is -0.663. The van der Waals surface area contributed by atoms with Gasteiger partial charge in [-0.05, 0) is 51.9 Å². The Morgan fingerprint density at radius 1 is 1.17 bits per heavy atom.